The van der Waals surface area contributed by atoms with Crippen LogP contribution in [0.15, 0.2) is 66.0 Å². The molecule has 1 aliphatic rings. The summed E-state index contributed by atoms with van der Waals surface area (Å²) in [5, 5.41) is 5.78. The van der Waals surface area contributed by atoms with Gasteiger partial charge in [0, 0.05) is 23.9 Å². The van der Waals surface area contributed by atoms with Crippen molar-refractivity contribution in [1.82, 2.24) is 5.32 Å². The van der Waals surface area contributed by atoms with Crippen LogP contribution in [0.1, 0.15) is 22.6 Å². The summed E-state index contributed by atoms with van der Waals surface area (Å²) in [6.07, 6.45) is 1.11. The molecule has 0 aliphatic carbocycles. The minimum atomic E-state index is 0.561. The Morgan fingerprint density at radius 3 is 2.68 bits per heavy atom. The summed E-state index contributed by atoms with van der Waals surface area (Å²) in [6.45, 7) is 2.05. The number of hydrogen-bond donors (Lipinski definition) is 1. The van der Waals surface area contributed by atoms with Gasteiger partial charge in [-0.25, -0.2) is 0 Å². The summed E-state index contributed by atoms with van der Waals surface area (Å²) in [5.74, 6) is 0.561. The lowest BCUT2D eigenvalue weighted by Crippen LogP contribution is -2.29. The summed E-state index contributed by atoms with van der Waals surface area (Å²) in [7, 11) is 0. The van der Waals surface area contributed by atoms with Crippen LogP contribution in [0.3, 0.4) is 0 Å². The highest BCUT2D eigenvalue weighted by atomic mass is 32.1. The maximum Gasteiger partial charge on any atom is 0.0346 e. The molecule has 1 atom stereocenters. The van der Waals surface area contributed by atoms with E-state index < -0.39 is 0 Å². The van der Waals surface area contributed by atoms with Gasteiger partial charge in [-0.3, -0.25) is 0 Å². The summed E-state index contributed by atoms with van der Waals surface area (Å²) in [4.78, 5) is 1.37. The molecule has 1 nitrogen and oxygen atoms in total. The van der Waals surface area contributed by atoms with Gasteiger partial charge in [0.15, 0.2) is 0 Å². The molecule has 4 rings (SSSR count). The summed E-state index contributed by atoms with van der Waals surface area (Å²) in [6, 6.07) is 22.0. The highest BCUT2D eigenvalue weighted by Crippen LogP contribution is 2.35. The molecule has 2 aromatic carbocycles. The maximum absolute atomic E-state index is 3.62. The lowest BCUT2D eigenvalue weighted by molar-refractivity contribution is 0.540. The van der Waals surface area contributed by atoms with Gasteiger partial charge in [0.2, 0.25) is 0 Å². The average Bonchev–Trinajstić information content (AvgIpc) is 3.10. The van der Waals surface area contributed by atoms with Gasteiger partial charge in [0.25, 0.3) is 0 Å². The smallest absolute Gasteiger partial charge is 0.0346 e. The highest BCUT2D eigenvalue weighted by molar-refractivity contribution is 7.13. The molecule has 0 saturated carbocycles. The van der Waals surface area contributed by atoms with Crippen LogP contribution in [-0.4, -0.2) is 6.54 Å². The standard InChI is InChI=1S/C20H19NS/c1-2-6-15(7-3-1)12-16-13-21-14-19-17(16)8-4-9-18(19)20-10-5-11-22-20/h1-11,16,21H,12-14H2. The fourth-order valence-electron chi connectivity index (χ4n) is 3.41. The van der Waals surface area contributed by atoms with Gasteiger partial charge in [-0.1, -0.05) is 54.6 Å². The van der Waals surface area contributed by atoms with E-state index in [2.05, 4.69) is 71.4 Å². The molecule has 0 saturated heterocycles. The van der Waals surface area contributed by atoms with Gasteiger partial charge in [-0.2, -0.15) is 0 Å². The summed E-state index contributed by atoms with van der Waals surface area (Å²) < 4.78 is 0. The Morgan fingerprint density at radius 1 is 0.955 bits per heavy atom. The first-order chi connectivity index (χ1) is 10.9. The molecule has 0 radical (unpaired) electrons. The van der Waals surface area contributed by atoms with Crippen LogP contribution >= 0.6 is 11.3 Å². The van der Waals surface area contributed by atoms with E-state index in [4.69, 9.17) is 0 Å². The molecule has 0 bridgehead atoms. The van der Waals surface area contributed by atoms with Crippen LogP contribution in [0.4, 0.5) is 0 Å². The van der Waals surface area contributed by atoms with Crippen molar-refractivity contribution in [2.24, 2.45) is 0 Å². The zero-order valence-corrected chi connectivity index (χ0v) is 13.3. The van der Waals surface area contributed by atoms with E-state index in [1.807, 2.05) is 11.3 Å². The predicted octanol–water partition coefficient (Wildman–Crippen LogP) is 4.84. The number of benzene rings is 2. The molecule has 110 valence electrons. The number of hydrogen-bond acceptors (Lipinski definition) is 2. The number of nitrogens with one attached hydrogen (secondary N) is 1. The van der Waals surface area contributed by atoms with E-state index in [1.165, 1.54) is 27.1 Å². The van der Waals surface area contributed by atoms with Crippen molar-refractivity contribution in [2.75, 3.05) is 6.54 Å². The fourth-order valence-corrected chi connectivity index (χ4v) is 4.19. The Bertz CT molecular complexity index is 747. The van der Waals surface area contributed by atoms with Crippen LogP contribution in [0.25, 0.3) is 10.4 Å². The van der Waals surface area contributed by atoms with E-state index in [0.29, 0.717) is 5.92 Å². The molecule has 3 aromatic rings. The van der Waals surface area contributed by atoms with Gasteiger partial charge in [-0.05, 0) is 40.1 Å². The van der Waals surface area contributed by atoms with Crippen LogP contribution in [0.5, 0.6) is 0 Å². The van der Waals surface area contributed by atoms with Crippen molar-refractivity contribution < 1.29 is 0 Å². The molecule has 0 amide bonds. The maximum atomic E-state index is 3.62. The lowest BCUT2D eigenvalue weighted by Gasteiger charge is -2.28. The monoisotopic (exact) mass is 305 g/mol. The van der Waals surface area contributed by atoms with Crippen molar-refractivity contribution in [2.45, 2.75) is 18.9 Å². The first kappa shape index (κ1) is 13.7. The molecular formula is C20H19NS. The Labute approximate surface area is 135 Å². The van der Waals surface area contributed by atoms with E-state index in [1.54, 1.807) is 0 Å². The van der Waals surface area contributed by atoms with E-state index in [0.717, 1.165) is 19.5 Å². The van der Waals surface area contributed by atoms with E-state index >= 15 is 0 Å². The summed E-state index contributed by atoms with van der Waals surface area (Å²) in [5.41, 5.74) is 5.83. The molecule has 0 spiro atoms. The van der Waals surface area contributed by atoms with Crippen molar-refractivity contribution in [3.05, 3.63) is 82.7 Å². The molecule has 2 heteroatoms. The second-order valence-corrected chi connectivity index (χ2v) is 6.82. The largest absolute Gasteiger partial charge is 0.312 e. The third kappa shape index (κ3) is 2.60. The summed E-state index contributed by atoms with van der Waals surface area (Å²) >= 11 is 1.83. The third-order valence-corrected chi connectivity index (χ3v) is 5.36. The molecule has 22 heavy (non-hydrogen) atoms. The zero-order chi connectivity index (χ0) is 14.8. The van der Waals surface area contributed by atoms with Crippen LogP contribution in [-0.2, 0) is 13.0 Å². The van der Waals surface area contributed by atoms with Gasteiger partial charge in [-0.15, -0.1) is 11.3 Å². The Kier molecular flexibility index (Phi) is 3.79. The van der Waals surface area contributed by atoms with Crippen molar-refractivity contribution in [3.8, 4) is 10.4 Å². The van der Waals surface area contributed by atoms with E-state index in [9.17, 15) is 0 Å². The number of rotatable bonds is 3. The van der Waals surface area contributed by atoms with Gasteiger partial charge < -0.3 is 5.32 Å². The Hall–Kier alpha value is -1.90. The van der Waals surface area contributed by atoms with Gasteiger partial charge in [0.1, 0.15) is 0 Å². The SMILES string of the molecule is c1ccc(CC2CNCc3c(-c4cccs4)cccc32)cc1. The first-order valence-corrected chi connectivity index (χ1v) is 8.70. The highest BCUT2D eigenvalue weighted by Gasteiger charge is 2.22. The topological polar surface area (TPSA) is 12.0 Å². The average molecular weight is 305 g/mol. The second kappa shape index (κ2) is 6.07. The predicted molar refractivity (Wildman–Crippen MR) is 94.3 cm³/mol. The minimum absolute atomic E-state index is 0.561. The molecule has 1 aromatic heterocycles. The normalized spacial score (nSPS) is 17.2. The molecule has 1 aliphatic heterocycles. The Morgan fingerprint density at radius 2 is 1.86 bits per heavy atom. The Balaban J connectivity index is 1.71. The van der Waals surface area contributed by atoms with Gasteiger partial charge >= 0.3 is 0 Å². The zero-order valence-electron chi connectivity index (χ0n) is 12.5. The third-order valence-electron chi connectivity index (χ3n) is 4.46. The first-order valence-electron chi connectivity index (χ1n) is 7.82. The number of fused-ring (bicyclic) bond motifs is 1. The molecule has 1 N–H and O–H groups in total. The molecular weight excluding hydrogens is 286 g/mol. The van der Waals surface area contributed by atoms with Crippen LogP contribution in [0, 0.1) is 0 Å². The molecule has 2 heterocycles. The quantitative estimate of drug-likeness (QED) is 0.730. The minimum Gasteiger partial charge on any atom is -0.312 e. The van der Waals surface area contributed by atoms with Gasteiger partial charge in [0.05, 0.1) is 0 Å². The number of thiophene rings is 1. The van der Waals surface area contributed by atoms with Crippen molar-refractivity contribution in [1.29, 1.82) is 0 Å². The van der Waals surface area contributed by atoms with Crippen molar-refractivity contribution in [3.63, 3.8) is 0 Å². The van der Waals surface area contributed by atoms with Crippen LogP contribution < -0.4 is 5.32 Å². The lowest BCUT2D eigenvalue weighted by atomic mass is 9.84. The van der Waals surface area contributed by atoms with Crippen molar-refractivity contribution >= 4 is 11.3 Å². The second-order valence-electron chi connectivity index (χ2n) is 5.87. The molecule has 0 fully saturated rings. The van der Waals surface area contributed by atoms with Crippen LogP contribution in [0.2, 0.25) is 0 Å². The molecule has 1 unspecified atom stereocenters. The fraction of sp³-hybridized carbons (Fsp3) is 0.200. The van der Waals surface area contributed by atoms with E-state index in [-0.39, 0.29) is 0 Å².